The van der Waals surface area contributed by atoms with Crippen LogP contribution in [0.15, 0.2) is 22.8 Å². The van der Waals surface area contributed by atoms with Crippen LogP contribution in [0.2, 0.25) is 0 Å². The largest absolute Gasteiger partial charge is 0.355 e. The van der Waals surface area contributed by atoms with Gasteiger partial charge < -0.3 is 4.90 Å². The predicted octanol–water partition coefficient (Wildman–Crippen LogP) is 4.25. The molecule has 17 heavy (non-hydrogen) atoms. The van der Waals surface area contributed by atoms with E-state index in [2.05, 4.69) is 51.8 Å². The third-order valence-electron chi connectivity index (χ3n) is 3.64. The fourth-order valence-electron chi connectivity index (χ4n) is 3.00. The summed E-state index contributed by atoms with van der Waals surface area (Å²) < 4.78 is 0.929. The maximum atomic E-state index is 4.52. The van der Waals surface area contributed by atoms with Crippen molar-refractivity contribution in [3.63, 3.8) is 0 Å². The molecule has 0 aliphatic carbocycles. The van der Waals surface area contributed by atoms with E-state index in [-0.39, 0.29) is 0 Å². The second-order valence-corrected chi connectivity index (χ2v) is 5.99. The summed E-state index contributed by atoms with van der Waals surface area (Å²) in [5.41, 5.74) is 0.563. The third kappa shape index (κ3) is 2.82. The van der Waals surface area contributed by atoms with Gasteiger partial charge in [0.2, 0.25) is 0 Å². The van der Waals surface area contributed by atoms with Crippen molar-refractivity contribution in [3.8, 4) is 0 Å². The second-order valence-electron chi connectivity index (χ2n) is 5.17. The van der Waals surface area contributed by atoms with Crippen LogP contribution in [0, 0.1) is 5.41 Å². The van der Waals surface area contributed by atoms with Gasteiger partial charge in [-0.1, -0.05) is 32.8 Å². The number of halogens is 1. The zero-order chi connectivity index (χ0) is 12.3. The lowest BCUT2D eigenvalue weighted by Gasteiger charge is -2.51. The predicted molar refractivity (Wildman–Crippen MR) is 76.4 cm³/mol. The van der Waals surface area contributed by atoms with Gasteiger partial charge in [-0.15, -0.1) is 0 Å². The first kappa shape index (κ1) is 12.9. The van der Waals surface area contributed by atoms with Crippen LogP contribution in [0.25, 0.3) is 0 Å². The molecule has 0 aromatic carbocycles. The molecule has 0 bridgehead atoms. The van der Waals surface area contributed by atoms with Gasteiger partial charge in [0.1, 0.15) is 10.4 Å². The second kappa shape index (κ2) is 5.38. The van der Waals surface area contributed by atoms with Crippen LogP contribution in [0.3, 0.4) is 0 Å². The fraction of sp³-hybridized carbons (Fsp3) is 0.643. The summed E-state index contributed by atoms with van der Waals surface area (Å²) >= 11 is 3.44. The van der Waals surface area contributed by atoms with E-state index in [0.717, 1.165) is 10.4 Å². The maximum Gasteiger partial charge on any atom is 0.129 e. The van der Waals surface area contributed by atoms with E-state index < -0.39 is 0 Å². The van der Waals surface area contributed by atoms with Gasteiger partial charge in [0.15, 0.2) is 0 Å². The van der Waals surface area contributed by atoms with E-state index in [1.54, 1.807) is 0 Å². The number of pyridine rings is 1. The molecule has 0 saturated carbocycles. The molecule has 1 aromatic rings. The van der Waals surface area contributed by atoms with E-state index >= 15 is 0 Å². The van der Waals surface area contributed by atoms with E-state index in [1.807, 2.05) is 6.07 Å². The van der Waals surface area contributed by atoms with Crippen molar-refractivity contribution in [1.82, 2.24) is 4.98 Å². The Morgan fingerprint density at radius 2 is 1.88 bits per heavy atom. The first-order valence-electron chi connectivity index (χ1n) is 6.56. The van der Waals surface area contributed by atoms with Gasteiger partial charge in [0.05, 0.1) is 0 Å². The molecule has 94 valence electrons. The molecule has 1 saturated heterocycles. The quantitative estimate of drug-likeness (QED) is 0.755. The summed E-state index contributed by atoms with van der Waals surface area (Å²) in [6.07, 6.45) is 5.29. The number of nitrogens with zero attached hydrogens (tertiary/aromatic N) is 2. The number of anilines is 1. The van der Waals surface area contributed by atoms with Gasteiger partial charge >= 0.3 is 0 Å². The van der Waals surface area contributed by atoms with Crippen molar-refractivity contribution in [2.24, 2.45) is 5.41 Å². The number of rotatable bonds is 5. The van der Waals surface area contributed by atoms with E-state index in [0.29, 0.717) is 5.41 Å². The molecule has 0 radical (unpaired) electrons. The van der Waals surface area contributed by atoms with Crippen LogP contribution >= 0.6 is 15.9 Å². The average molecular weight is 297 g/mol. The third-order valence-corrected chi connectivity index (χ3v) is 4.08. The highest BCUT2D eigenvalue weighted by Crippen LogP contribution is 2.41. The summed E-state index contributed by atoms with van der Waals surface area (Å²) in [5, 5.41) is 0. The zero-order valence-corrected chi connectivity index (χ0v) is 12.3. The van der Waals surface area contributed by atoms with Gasteiger partial charge in [0, 0.05) is 18.5 Å². The molecule has 0 N–H and O–H groups in total. The molecule has 0 spiro atoms. The Balaban J connectivity index is 2.00. The smallest absolute Gasteiger partial charge is 0.129 e. The minimum absolute atomic E-state index is 0.563. The normalized spacial score (nSPS) is 17.9. The van der Waals surface area contributed by atoms with Crippen molar-refractivity contribution in [1.29, 1.82) is 0 Å². The molecule has 1 aliphatic heterocycles. The molecule has 0 atom stereocenters. The lowest BCUT2D eigenvalue weighted by Crippen LogP contribution is -2.56. The highest BCUT2D eigenvalue weighted by Gasteiger charge is 2.41. The van der Waals surface area contributed by atoms with Gasteiger partial charge in [0.25, 0.3) is 0 Å². The lowest BCUT2D eigenvalue weighted by atomic mass is 9.72. The van der Waals surface area contributed by atoms with Crippen molar-refractivity contribution < 1.29 is 0 Å². The zero-order valence-electron chi connectivity index (χ0n) is 10.7. The SMILES string of the molecule is CCCC1(CCC)CN(c2cccc(Br)n2)C1. The van der Waals surface area contributed by atoms with Gasteiger partial charge in [-0.05, 0) is 40.9 Å². The van der Waals surface area contributed by atoms with E-state index in [4.69, 9.17) is 0 Å². The highest BCUT2D eigenvalue weighted by atomic mass is 79.9. The van der Waals surface area contributed by atoms with Crippen LogP contribution in [0.4, 0.5) is 5.82 Å². The van der Waals surface area contributed by atoms with Crippen LogP contribution in [0.1, 0.15) is 39.5 Å². The standard InChI is InChI=1S/C14H21BrN2/c1-3-8-14(9-4-2)10-17(11-14)13-7-5-6-12(15)16-13/h5-7H,3-4,8-11H2,1-2H3. The van der Waals surface area contributed by atoms with E-state index in [1.165, 1.54) is 38.8 Å². The van der Waals surface area contributed by atoms with Crippen LogP contribution < -0.4 is 4.90 Å². The molecular formula is C14H21BrN2. The minimum atomic E-state index is 0.563. The van der Waals surface area contributed by atoms with Gasteiger partial charge in [-0.25, -0.2) is 4.98 Å². The van der Waals surface area contributed by atoms with Gasteiger partial charge in [-0.3, -0.25) is 0 Å². The number of hydrogen-bond donors (Lipinski definition) is 0. The summed E-state index contributed by atoms with van der Waals surface area (Å²) in [6.45, 7) is 6.94. The fourth-order valence-corrected chi connectivity index (χ4v) is 3.34. The molecule has 1 aliphatic rings. The average Bonchev–Trinajstić information content (AvgIpc) is 2.25. The Kier molecular flexibility index (Phi) is 4.08. The monoisotopic (exact) mass is 296 g/mol. The Hall–Kier alpha value is -0.570. The van der Waals surface area contributed by atoms with Gasteiger partial charge in [-0.2, -0.15) is 0 Å². The van der Waals surface area contributed by atoms with E-state index in [9.17, 15) is 0 Å². The Bertz CT molecular complexity index is 364. The van der Waals surface area contributed by atoms with Crippen molar-refractivity contribution >= 4 is 21.7 Å². The van der Waals surface area contributed by atoms with Crippen LogP contribution in [0.5, 0.6) is 0 Å². The Morgan fingerprint density at radius 3 is 2.41 bits per heavy atom. The Labute approximate surface area is 113 Å². The first-order valence-corrected chi connectivity index (χ1v) is 7.36. The summed E-state index contributed by atoms with van der Waals surface area (Å²) in [4.78, 5) is 6.92. The molecule has 1 fully saturated rings. The van der Waals surface area contributed by atoms with Crippen LogP contribution in [-0.4, -0.2) is 18.1 Å². The number of hydrogen-bond acceptors (Lipinski definition) is 2. The Morgan fingerprint density at radius 1 is 1.24 bits per heavy atom. The summed E-state index contributed by atoms with van der Waals surface area (Å²) in [6, 6.07) is 6.15. The minimum Gasteiger partial charge on any atom is -0.355 e. The maximum absolute atomic E-state index is 4.52. The molecule has 1 aromatic heterocycles. The molecule has 3 heteroatoms. The first-order chi connectivity index (χ1) is 8.19. The molecule has 2 nitrogen and oxygen atoms in total. The molecule has 2 heterocycles. The highest BCUT2D eigenvalue weighted by molar-refractivity contribution is 9.10. The van der Waals surface area contributed by atoms with Crippen molar-refractivity contribution in [2.45, 2.75) is 39.5 Å². The lowest BCUT2D eigenvalue weighted by molar-refractivity contribution is 0.172. The molecular weight excluding hydrogens is 276 g/mol. The van der Waals surface area contributed by atoms with Crippen molar-refractivity contribution in [3.05, 3.63) is 22.8 Å². The topological polar surface area (TPSA) is 16.1 Å². The molecule has 0 amide bonds. The number of aromatic nitrogens is 1. The summed E-state index contributed by atoms with van der Waals surface area (Å²) in [5.74, 6) is 1.11. The van der Waals surface area contributed by atoms with Crippen molar-refractivity contribution in [2.75, 3.05) is 18.0 Å². The molecule has 2 rings (SSSR count). The summed E-state index contributed by atoms with van der Waals surface area (Å²) in [7, 11) is 0. The van der Waals surface area contributed by atoms with Crippen LogP contribution in [-0.2, 0) is 0 Å². The molecule has 0 unspecified atom stereocenters.